The number of rotatable bonds is 23. The zero-order valence-corrected chi connectivity index (χ0v) is 30.4. The molecule has 0 aromatic heterocycles. The fourth-order valence-electron chi connectivity index (χ4n) is 3.98. The number of carbonyl (C=O) groups excluding carboxylic acids is 7. The average Bonchev–Trinajstić information content (AvgIpc) is 3.08. The summed E-state index contributed by atoms with van der Waals surface area (Å²) in [5.74, 6) is -8.97. The predicted molar refractivity (Wildman–Crippen MR) is 182 cm³/mol. The summed E-state index contributed by atoms with van der Waals surface area (Å²) in [7, 11) is 0. The van der Waals surface area contributed by atoms with Crippen LogP contribution in [0.15, 0.2) is 35.3 Å². The van der Waals surface area contributed by atoms with Crippen LogP contribution < -0.4 is 48.7 Å². The number of guanidine groups is 1. The van der Waals surface area contributed by atoms with E-state index in [2.05, 4.69) is 54.8 Å². The summed E-state index contributed by atoms with van der Waals surface area (Å²) < 4.78 is 0. The molecule has 52 heavy (non-hydrogen) atoms. The van der Waals surface area contributed by atoms with E-state index in [1.807, 2.05) is 0 Å². The quantitative estimate of drug-likeness (QED) is 0.0212. The molecular formula is C29H42N10O11STc. The Morgan fingerprint density at radius 2 is 1.19 bits per heavy atom. The van der Waals surface area contributed by atoms with E-state index >= 15 is 0 Å². The van der Waals surface area contributed by atoms with Crippen molar-refractivity contribution in [2.24, 2.45) is 16.5 Å². The molecule has 1 aromatic rings. The van der Waals surface area contributed by atoms with Gasteiger partial charge >= 0.3 is 11.9 Å². The zero-order valence-electron chi connectivity index (χ0n) is 27.7. The number of amides is 7. The Bertz CT molecular complexity index is 1450. The molecule has 23 heteroatoms. The summed E-state index contributed by atoms with van der Waals surface area (Å²) in [6.07, 6.45) is -0.895. The molecule has 1 radical (unpaired) electrons. The molecule has 0 fully saturated rings. The van der Waals surface area contributed by atoms with E-state index in [4.69, 9.17) is 11.5 Å². The number of benzene rings is 1. The molecule has 21 nitrogen and oxygen atoms in total. The first-order valence-corrected chi connectivity index (χ1v) is 15.9. The van der Waals surface area contributed by atoms with Gasteiger partial charge in [-0.3, -0.25) is 43.3 Å². The maximum Gasteiger partial charge on any atom is 0.326 e. The van der Waals surface area contributed by atoms with Gasteiger partial charge < -0.3 is 58.9 Å². The van der Waals surface area contributed by atoms with E-state index in [0.29, 0.717) is 5.56 Å². The molecule has 0 aliphatic carbocycles. The van der Waals surface area contributed by atoms with Gasteiger partial charge in [-0.25, -0.2) is 4.79 Å². The minimum atomic E-state index is -1.71. The number of carboxylic acid groups (broad SMARTS) is 2. The van der Waals surface area contributed by atoms with Crippen molar-refractivity contribution in [2.75, 3.05) is 38.5 Å². The first-order valence-electron chi connectivity index (χ1n) is 15.2. The molecule has 1 rings (SSSR count). The number of hydrogen-bond donors (Lipinski definition) is 12. The maximum absolute atomic E-state index is 13.0. The molecular weight excluding hydrogens is 795 g/mol. The monoisotopic (exact) mass is 837 g/mol. The largest absolute Gasteiger partial charge is 0.481 e. The Morgan fingerprint density at radius 1 is 0.673 bits per heavy atom. The number of carbonyl (C=O) groups is 9. The van der Waals surface area contributed by atoms with Crippen LogP contribution in [0, 0.1) is 0 Å². The van der Waals surface area contributed by atoms with Crippen LogP contribution in [0.25, 0.3) is 0 Å². The molecule has 13 N–H and O–H groups in total. The van der Waals surface area contributed by atoms with E-state index in [1.54, 1.807) is 30.3 Å². The van der Waals surface area contributed by atoms with E-state index in [0.717, 1.165) is 0 Å². The molecule has 1 aromatic carbocycles. The molecule has 0 bridgehead atoms. The molecule has 7 amide bonds. The van der Waals surface area contributed by atoms with Crippen molar-refractivity contribution >= 4 is 71.9 Å². The van der Waals surface area contributed by atoms with Gasteiger partial charge in [-0.15, -0.1) is 0 Å². The Kier molecular flexibility index (Phi) is 23.0. The van der Waals surface area contributed by atoms with Crippen LogP contribution in [0.2, 0.25) is 0 Å². The molecule has 0 heterocycles. The molecule has 0 aliphatic heterocycles. The predicted octanol–water partition coefficient (Wildman–Crippen LogP) is -5.31. The molecule has 3 atom stereocenters. The van der Waals surface area contributed by atoms with Crippen molar-refractivity contribution in [3.63, 3.8) is 0 Å². The fourth-order valence-corrected chi connectivity index (χ4v) is 4.09. The summed E-state index contributed by atoms with van der Waals surface area (Å²) >= 11 is 3.74. The number of nitrogens with two attached hydrogens (primary N) is 2. The second-order valence-corrected chi connectivity index (χ2v) is 10.9. The van der Waals surface area contributed by atoms with Gasteiger partial charge in [-0.2, -0.15) is 12.6 Å². The molecule has 0 saturated heterocycles. The number of nitrogens with one attached hydrogen (secondary N) is 7. The number of aliphatic imine (C=N–C) groups is 1. The van der Waals surface area contributed by atoms with Crippen LogP contribution in [-0.4, -0.2) is 126 Å². The number of carboxylic acids is 2. The van der Waals surface area contributed by atoms with Gasteiger partial charge in [0.25, 0.3) is 0 Å². The third-order valence-corrected chi connectivity index (χ3v) is 6.72. The fraction of sp³-hybridized carbons (Fsp3) is 0.448. The van der Waals surface area contributed by atoms with Crippen molar-refractivity contribution in [1.82, 2.24) is 37.2 Å². The van der Waals surface area contributed by atoms with Crippen molar-refractivity contribution in [2.45, 2.75) is 43.8 Å². The smallest absolute Gasteiger partial charge is 0.326 e. The van der Waals surface area contributed by atoms with Gasteiger partial charge in [0, 0.05) is 33.1 Å². The number of nitrogens with zero attached hydrogens (tertiary/aromatic N) is 1. The van der Waals surface area contributed by atoms with Crippen LogP contribution in [-0.2, 0) is 69.7 Å². The zero-order chi connectivity index (χ0) is 38.3. The van der Waals surface area contributed by atoms with Crippen molar-refractivity contribution in [3.05, 3.63) is 35.9 Å². The van der Waals surface area contributed by atoms with Crippen LogP contribution in [0.5, 0.6) is 0 Å². The van der Waals surface area contributed by atoms with Gasteiger partial charge in [-0.1, -0.05) is 30.3 Å². The van der Waals surface area contributed by atoms with E-state index < -0.39 is 104 Å². The third kappa shape index (κ3) is 21.1. The van der Waals surface area contributed by atoms with Crippen LogP contribution in [0.3, 0.4) is 0 Å². The molecule has 0 aliphatic rings. The van der Waals surface area contributed by atoms with Gasteiger partial charge in [0.15, 0.2) is 5.96 Å². The first kappa shape index (κ1) is 46.7. The standard InChI is InChI=1S/C29H42N10O11S.Tc/c30-29(31)32-8-4-7-17(37-22(42)13-34-20(40)11-33-21(41)12-35-24(44)15-51)26(47)36-14-23(43)38-18(10-25(45)46)27(48)39-19(28(49)50)9-16-5-2-1-3-6-16;/h1-3,5-6,17-19,51H,4,7-15H2,(H,33,41)(H,34,40)(H,35,44)(H,36,47)(H,37,42)(H,38,43)(H,39,48)(H,45,46)(H,49,50)(H4,30,31,32);/t17-,18-,19-;/m0./s1/i;1+1. The molecule has 0 unspecified atom stereocenters. The van der Waals surface area contributed by atoms with Crippen molar-refractivity contribution in [3.8, 4) is 0 Å². The van der Waals surface area contributed by atoms with Crippen molar-refractivity contribution in [1.29, 1.82) is 0 Å². The van der Waals surface area contributed by atoms with Crippen LogP contribution in [0.1, 0.15) is 24.8 Å². The minimum absolute atomic E-state index is 0. The van der Waals surface area contributed by atoms with E-state index in [1.165, 1.54) is 0 Å². The number of hydrogen-bond acceptors (Lipinski definition) is 11. The second-order valence-electron chi connectivity index (χ2n) is 10.6. The SMILES string of the molecule is NC(N)=NCCC[C@H](NC(=O)CNC(=O)CNC(=O)CNC(=O)CS)C(=O)NCC(=O)N[C@@H](CC(=O)O)C(=O)N[C@@H](Cc1ccccc1)C(=O)O.[99Tc]. The topological polar surface area (TPSA) is 343 Å². The van der Waals surface area contributed by atoms with Gasteiger partial charge in [0.2, 0.25) is 41.4 Å². The molecule has 0 saturated carbocycles. The number of aliphatic carboxylic acids is 2. The van der Waals surface area contributed by atoms with Gasteiger partial charge in [-0.05, 0) is 18.4 Å². The van der Waals surface area contributed by atoms with Gasteiger partial charge in [0.05, 0.1) is 38.4 Å². The summed E-state index contributed by atoms with van der Waals surface area (Å²) in [6, 6.07) is 3.87. The molecule has 0 spiro atoms. The first-order chi connectivity index (χ1) is 24.1. The van der Waals surface area contributed by atoms with E-state index in [-0.39, 0.29) is 57.6 Å². The summed E-state index contributed by atoms with van der Waals surface area (Å²) in [5, 5.41) is 34.6. The average molecular weight is 838 g/mol. The molecule has 287 valence electrons. The maximum atomic E-state index is 13.0. The van der Waals surface area contributed by atoms with E-state index in [9.17, 15) is 53.4 Å². The summed E-state index contributed by atoms with van der Waals surface area (Å²) in [5.41, 5.74) is 11.2. The summed E-state index contributed by atoms with van der Waals surface area (Å²) in [4.78, 5) is 113. The number of thiol groups is 1. The Morgan fingerprint density at radius 3 is 1.71 bits per heavy atom. The second kappa shape index (κ2) is 25.6. The third-order valence-electron chi connectivity index (χ3n) is 6.43. The normalized spacial score (nSPS) is 11.8. The van der Waals surface area contributed by atoms with Gasteiger partial charge in [0.1, 0.15) is 18.1 Å². The van der Waals surface area contributed by atoms with Crippen molar-refractivity contribution < 1.29 is 73.5 Å². The minimum Gasteiger partial charge on any atom is -0.481 e. The Hall–Kier alpha value is -5.28. The Balaban J connectivity index is 0.0000260. The van der Waals surface area contributed by atoms with Crippen LogP contribution in [0.4, 0.5) is 0 Å². The van der Waals surface area contributed by atoms with Crippen LogP contribution >= 0.6 is 12.6 Å². The Labute approximate surface area is 316 Å². The summed E-state index contributed by atoms with van der Waals surface area (Å²) in [6.45, 7) is -2.24.